The maximum Gasteiger partial charge on any atom is 0.219 e. The molecule has 0 aromatic carbocycles. The van der Waals surface area contributed by atoms with Crippen molar-refractivity contribution in [1.82, 2.24) is 14.5 Å². The van der Waals surface area contributed by atoms with Gasteiger partial charge in [0.05, 0.1) is 0 Å². The summed E-state index contributed by atoms with van der Waals surface area (Å²) in [4.78, 5) is 18.1. The van der Waals surface area contributed by atoms with Gasteiger partial charge >= 0.3 is 0 Å². The second kappa shape index (κ2) is 5.76. The first kappa shape index (κ1) is 14.1. The van der Waals surface area contributed by atoms with Crippen LogP contribution in [0.1, 0.15) is 57.6 Å². The summed E-state index contributed by atoms with van der Waals surface area (Å²) in [6.45, 7) is 9.09. The van der Waals surface area contributed by atoms with Crippen molar-refractivity contribution < 1.29 is 4.79 Å². The molecule has 0 N–H and O–H groups in total. The van der Waals surface area contributed by atoms with Crippen LogP contribution in [0.5, 0.6) is 0 Å². The van der Waals surface area contributed by atoms with Crippen molar-refractivity contribution in [3.05, 3.63) is 17.7 Å². The summed E-state index contributed by atoms with van der Waals surface area (Å²) in [5.74, 6) is 1.37. The van der Waals surface area contributed by atoms with E-state index in [0.29, 0.717) is 12.1 Å². The van der Waals surface area contributed by atoms with Crippen molar-refractivity contribution in [3.8, 4) is 0 Å². The first-order chi connectivity index (χ1) is 9.00. The Bertz CT molecular complexity index is 450. The number of aryl methyl sites for hydroxylation is 2. The van der Waals surface area contributed by atoms with Crippen molar-refractivity contribution >= 4 is 5.91 Å². The number of rotatable bonds is 4. The third-order valence-corrected chi connectivity index (χ3v) is 4.06. The molecule has 0 saturated carbocycles. The maximum atomic E-state index is 11.6. The Hall–Kier alpha value is -1.32. The average Bonchev–Trinajstić information content (AvgIpc) is 2.92. The van der Waals surface area contributed by atoms with Gasteiger partial charge in [-0.3, -0.25) is 4.79 Å². The molecule has 0 aliphatic carbocycles. The van der Waals surface area contributed by atoms with E-state index in [1.165, 1.54) is 5.69 Å². The van der Waals surface area contributed by atoms with Gasteiger partial charge in [-0.1, -0.05) is 0 Å². The van der Waals surface area contributed by atoms with Crippen LogP contribution in [0.25, 0.3) is 0 Å². The van der Waals surface area contributed by atoms with Gasteiger partial charge in [0.25, 0.3) is 0 Å². The molecule has 1 saturated heterocycles. The molecule has 1 aromatic heterocycles. The van der Waals surface area contributed by atoms with Gasteiger partial charge in [0.1, 0.15) is 5.82 Å². The van der Waals surface area contributed by atoms with E-state index in [2.05, 4.69) is 30.3 Å². The van der Waals surface area contributed by atoms with E-state index < -0.39 is 0 Å². The lowest BCUT2D eigenvalue weighted by atomic mass is 10.1. The molecule has 4 nitrogen and oxygen atoms in total. The molecule has 2 rings (SSSR count). The minimum atomic E-state index is 0.214. The van der Waals surface area contributed by atoms with E-state index in [1.54, 1.807) is 6.92 Å². The van der Waals surface area contributed by atoms with E-state index >= 15 is 0 Å². The Morgan fingerprint density at radius 3 is 2.89 bits per heavy atom. The molecule has 1 fully saturated rings. The van der Waals surface area contributed by atoms with Crippen LogP contribution in [0.3, 0.4) is 0 Å². The van der Waals surface area contributed by atoms with Crippen molar-refractivity contribution in [1.29, 1.82) is 0 Å². The fourth-order valence-corrected chi connectivity index (χ4v) is 3.23. The Morgan fingerprint density at radius 1 is 1.53 bits per heavy atom. The zero-order valence-corrected chi connectivity index (χ0v) is 12.5. The molecule has 0 bridgehead atoms. The topological polar surface area (TPSA) is 38.1 Å². The third kappa shape index (κ3) is 2.99. The van der Waals surface area contributed by atoms with E-state index in [0.717, 1.165) is 38.1 Å². The highest BCUT2D eigenvalue weighted by atomic mass is 16.2. The molecule has 19 heavy (non-hydrogen) atoms. The summed E-state index contributed by atoms with van der Waals surface area (Å²) in [5.41, 5.74) is 1.22. The maximum absolute atomic E-state index is 11.6. The molecule has 1 amide bonds. The van der Waals surface area contributed by atoms with Crippen LogP contribution in [0.15, 0.2) is 6.20 Å². The number of nitrogens with zero attached hydrogens (tertiary/aromatic N) is 3. The highest BCUT2D eigenvalue weighted by Gasteiger charge is 2.26. The second-order valence-electron chi connectivity index (χ2n) is 5.83. The normalized spacial score (nSPS) is 19.4. The fraction of sp³-hybridized carbons (Fsp3) is 0.733. The largest absolute Gasteiger partial charge is 0.340 e. The molecule has 4 heteroatoms. The van der Waals surface area contributed by atoms with Gasteiger partial charge < -0.3 is 9.47 Å². The van der Waals surface area contributed by atoms with Crippen LogP contribution in [-0.2, 0) is 11.2 Å². The van der Waals surface area contributed by atoms with Crippen LogP contribution in [0, 0.1) is 6.92 Å². The Labute approximate surface area is 115 Å². The number of aromatic nitrogens is 2. The van der Waals surface area contributed by atoms with Crippen LogP contribution >= 0.6 is 0 Å². The van der Waals surface area contributed by atoms with Crippen molar-refractivity contribution in [2.45, 2.75) is 65.5 Å². The van der Waals surface area contributed by atoms with Crippen LogP contribution in [-0.4, -0.2) is 32.9 Å². The zero-order valence-electron chi connectivity index (χ0n) is 12.5. The summed E-state index contributed by atoms with van der Waals surface area (Å²) in [5, 5.41) is 0. The second-order valence-corrected chi connectivity index (χ2v) is 5.83. The molecular formula is C15H25N3O. The highest BCUT2D eigenvalue weighted by Crippen LogP contribution is 2.22. The molecule has 106 valence electrons. The van der Waals surface area contributed by atoms with Gasteiger partial charge in [-0.2, -0.15) is 0 Å². The molecule has 1 aliphatic rings. The first-order valence-electron chi connectivity index (χ1n) is 7.30. The number of imidazole rings is 1. The van der Waals surface area contributed by atoms with Crippen molar-refractivity contribution in [2.24, 2.45) is 0 Å². The molecule has 1 aromatic rings. The third-order valence-electron chi connectivity index (χ3n) is 4.06. The van der Waals surface area contributed by atoms with Gasteiger partial charge in [-0.05, 0) is 40.0 Å². The minimum absolute atomic E-state index is 0.214. The van der Waals surface area contributed by atoms with Crippen LogP contribution < -0.4 is 0 Å². The molecule has 1 unspecified atom stereocenters. The predicted molar refractivity (Wildman–Crippen MR) is 76.1 cm³/mol. The highest BCUT2D eigenvalue weighted by molar-refractivity contribution is 5.73. The zero-order chi connectivity index (χ0) is 14.0. The molecule has 1 atom stereocenters. The van der Waals surface area contributed by atoms with Gasteiger partial charge in [-0.15, -0.1) is 0 Å². The Kier molecular flexibility index (Phi) is 4.27. The summed E-state index contributed by atoms with van der Waals surface area (Å²) in [6.07, 6.45) is 6.22. The van der Waals surface area contributed by atoms with Gasteiger partial charge in [0.15, 0.2) is 0 Å². The van der Waals surface area contributed by atoms with Gasteiger partial charge in [-0.25, -0.2) is 4.98 Å². The summed E-state index contributed by atoms with van der Waals surface area (Å²) in [6, 6.07) is 0.861. The first-order valence-corrected chi connectivity index (χ1v) is 7.30. The number of carbonyl (C=O) groups is 1. The lowest BCUT2D eigenvalue weighted by Gasteiger charge is -2.23. The number of amides is 1. The van der Waals surface area contributed by atoms with Crippen LogP contribution in [0.2, 0.25) is 0 Å². The number of hydrogen-bond acceptors (Lipinski definition) is 2. The van der Waals surface area contributed by atoms with E-state index in [9.17, 15) is 4.79 Å². The summed E-state index contributed by atoms with van der Waals surface area (Å²) >= 11 is 0. The minimum Gasteiger partial charge on any atom is -0.340 e. The van der Waals surface area contributed by atoms with Crippen LogP contribution in [0.4, 0.5) is 0 Å². The fourth-order valence-electron chi connectivity index (χ4n) is 3.23. The summed E-state index contributed by atoms with van der Waals surface area (Å²) in [7, 11) is 0. The van der Waals surface area contributed by atoms with E-state index in [4.69, 9.17) is 0 Å². The van der Waals surface area contributed by atoms with Gasteiger partial charge in [0, 0.05) is 43.9 Å². The molecule has 0 radical (unpaired) electrons. The standard InChI is InChI=1S/C15H25N3O/c1-11(2)18-12(3)10-16-15(18)8-7-14-6-5-9-17(14)13(4)19/h10-11,14H,5-9H2,1-4H3. The number of hydrogen-bond donors (Lipinski definition) is 0. The van der Waals surface area contributed by atoms with Crippen molar-refractivity contribution in [2.75, 3.05) is 6.54 Å². The predicted octanol–water partition coefficient (Wildman–Crippen LogP) is 2.72. The Morgan fingerprint density at radius 2 is 2.26 bits per heavy atom. The summed E-state index contributed by atoms with van der Waals surface area (Å²) < 4.78 is 2.30. The van der Waals surface area contributed by atoms with E-state index in [1.807, 2.05) is 11.1 Å². The molecule has 1 aliphatic heterocycles. The lowest BCUT2D eigenvalue weighted by molar-refractivity contribution is -0.129. The lowest BCUT2D eigenvalue weighted by Crippen LogP contribution is -2.34. The molecule has 2 heterocycles. The molecular weight excluding hydrogens is 238 g/mol. The van der Waals surface area contributed by atoms with Crippen molar-refractivity contribution in [3.63, 3.8) is 0 Å². The van der Waals surface area contributed by atoms with Gasteiger partial charge in [0.2, 0.25) is 5.91 Å². The SMILES string of the molecule is CC(=O)N1CCCC1CCc1ncc(C)n1C(C)C. The quantitative estimate of drug-likeness (QED) is 0.837. The Balaban J connectivity index is 2.01. The van der Waals surface area contributed by atoms with E-state index in [-0.39, 0.29) is 5.91 Å². The molecule has 0 spiro atoms. The monoisotopic (exact) mass is 263 g/mol. The average molecular weight is 263 g/mol. The number of carbonyl (C=O) groups excluding carboxylic acids is 1. The smallest absolute Gasteiger partial charge is 0.219 e. The number of likely N-dealkylation sites (tertiary alicyclic amines) is 1.